The molecule has 0 saturated carbocycles. The van der Waals surface area contributed by atoms with Gasteiger partial charge in [0.05, 0.1) is 18.8 Å². The van der Waals surface area contributed by atoms with Crippen molar-refractivity contribution in [3.05, 3.63) is 0 Å². The van der Waals surface area contributed by atoms with Crippen LogP contribution < -0.4 is 5.32 Å². The molecule has 0 aromatic carbocycles. The van der Waals surface area contributed by atoms with Gasteiger partial charge in [0.2, 0.25) is 5.91 Å². The highest BCUT2D eigenvalue weighted by molar-refractivity contribution is 5.73. The third-order valence-corrected chi connectivity index (χ3v) is 1.17. The first-order valence-corrected chi connectivity index (χ1v) is 3.14. The van der Waals surface area contributed by atoms with E-state index in [9.17, 15) is 4.79 Å². The van der Waals surface area contributed by atoms with Gasteiger partial charge in [0.25, 0.3) is 0 Å². The van der Waals surface area contributed by atoms with Crippen molar-refractivity contribution in [1.29, 1.82) is 0 Å². The van der Waals surface area contributed by atoms with Crippen LogP contribution in [0.2, 0.25) is 0 Å². The third-order valence-electron chi connectivity index (χ3n) is 1.17. The Balaban J connectivity index is 3.71. The van der Waals surface area contributed by atoms with Gasteiger partial charge in [-0.05, 0) is 6.92 Å². The second-order valence-electron chi connectivity index (χ2n) is 2.23. The molecule has 0 aromatic rings. The van der Waals surface area contributed by atoms with Gasteiger partial charge in [-0.15, -0.1) is 0 Å². The van der Waals surface area contributed by atoms with E-state index in [4.69, 9.17) is 10.2 Å². The summed E-state index contributed by atoms with van der Waals surface area (Å²) in [6.45, 7) is 2.61. The van der Waals surface area contributed by atoms with Gasteiger partial charge in [0.15, 0.2) is 0 Å². The first-order valence-electron chi connectivity index (χ1n) is 3.14. The number of carbonyl (C=O) groups is 1. The first-order chi connectivity index (χ1) is 4.57. The van der Waals surface area contributed by atoms with E-state index in [1.165, 1.54) is 13.8 Å². The molecule has 0 fully saturated rings. The van der Waals surface area contributed by atoms with Gasteiger partial charge in [-0.3, -0.25) is 4.79 Å². The molecule has 0 radical (unpaired) electrons. The maximum atomic E-state index is 10.4. The third kappa shape index (κ3) is 3.42. The number of carbonyl (C=O) groups excluding carboxylic acids is 1. The molecule has 1 amide bonds. The minimum absolute atomic E-state index is 0.239. The lowest BCUT2D eigenvalue weighted by Crippen LogP contribution is -2.43. The summed E-state index contributed by atoms with van der Waals surface area (Å²) >= 11 is 0. The van der Waals surface area contributed by atoms with Gasteiger partial charge in [0, 0.05) is 6.92 Å². The Morgan fingerprint density at radius 1 is 1.70 bits per heavy atom. The molecule has 3 N–H and O–H groups in total. The fraction of sp³-hybridized carbons (Fsp3) is 0.833. The van der Waals surface area contributed by atoms with Crippen LogP contribution in [0.15, 0.2) is 0 Å². The van der Waals surface area contributed by atoms with Gasteiger partial charge in [-0.2, -0.15) is 0 Å². The van der Waals surface area contributed by atoms with Gasteiger partial charge < -0.3 is 15.5 Å². The summed E-state index contributed by atoms with van der Waals surface area (Å²) in [5.74, 6) is -0.250. The molecule has 0 aromatic heterocycles. The van der Waals surface area contributed by atoms with E-state index in [0.29, 0.717) is 0 Å². The summed E-state index contributed by atoms with van der Waals surface area (Å²) in [7, 11) is 0. The fourth-order valence-corrected chi connectivity index (χ4v) is 0.580. The second kappa shape index (κ2) is 4.24. The van der Waals surface area contributed by atoms with Crippen LogP contribution in [0.5, 0.6) is 0 Å². The van der Waals surface area contributed by atoms with Crippen molar-refractivity contribution in [1.82, 2.24) is 5.32 Å². The molecule has 1 unspecified atom stereocenters. The van der Waals surface area contributed by atoms with Crippen molar-refractivity contribution in [3.63, 3.8) is 0 Å². The highest BCUT2D eigenvalue weighted by Crippen LogP contribution is 1.89. The normalized spacial score (nSPS) is 16.0. The van der Waals surface area contributed by atoms with Crippen LogP contribution in [0.4, 0.5) is 0 Å². The van der Waals surface area contributed by atoms with Crippen LogP contribution in [0, 0.1) is 0 Å². The summed E-state index contributed by atoms with van der Waals surface area (Å²) in [5.41, 5.74) is 0. The van der Waals surface area contributed by atoms with Crippen LogP contribution >= 0.6 is 0 Å². The van der Waals surface area contributed by atoms with Crippen LogP contribution in [0.3, 0.4) is 0 Å². The average Bonchev–Trinajstić information content (AvgIpc) is 1.81. The minimum Gasteiger partial charge on any atom is -0.394 e. The lowest BCUT2D eigenvalue weighted by molar-refractivity contribution is -0.120. The van der Waals surface area contributed by atoms with Crippen molar-refractivity contribution in [2.75, 3.05) is 6.61 Å². The first kappa shape index (κ1) is 9.39. The Bertz CT molecular complexity index is 114. The van der Waals surface area contributed by atoms with Gasteiger partial charge in [-0.25, -0.2) is 0 Å². The number of hydrogen-bond donors (Lipinski definition) is 3. The summed E-state index contributed by atoms with van der Waals surface area (Å²) in [5, 5.41) is 19.8. The molecular weight excluding hydrogens is 134 g/mol. The zero-order chi connectivity index (χ0) is 8.15. The molecule has 0 aliphatic carbocycles. The van der Waals surface area contributed by atoms with Crippen molar-refractivity contribution >= 4 is 5.91 Å². The number of rotatable bonds is 3. The zero-order valence-electron chi connectivity index (χ0n) is 6.16. The van der Waals surface area contributed by atoms with Crippen LogP contribution in [0.1, 0.15) is 13.8 Å². The largest absolute Gasteiger partial charge is 0.394 e. The Morgan fingerprint density at radius 2 is 2.20 bits per heavy atom. The highest BCUT2D eigenvalue weighted by atomic mass is 16.3. The molecular formula is C6H13NO3. The lowest BCUT2D eigenvalue weighted by Gasteiger charge is -2.17. The van der Waals surface area contributed by atoms with Crippen LogP contribution in [-0.4, -0.2) is 34.9 Å². The minimum atomic E-state index is -0.714. The maximum absolute atomic E-state index is 10.4. The quantitative estimate of drug-likeness (QED) is 0.473. The molecule has 0 rings (SSSR count). The van der Waals surface area contributed by atoms with Crippen molar-refractivity contribution < 1.29 is 15.0 Å². The van der Waals surface area contributed by atoms with E-state index in [1.54, 1.807) is 0 Å². The highest BCUT2D eigenvalue weighted by Gasteiger charge is 2.13. The fourth-order valence-electron chi connectivity index (χ4n) is 0.580. The summed E-state index contributed by atoms with van der Waals surface area (Å²) < 4.78 is 0. The Labute approximate surface area is 59.9 Å². The van der Waals surface area contributed by atoms with Crippen LogP contribution in [0.25, 0.3) is 0 Å². The molecule has 0 saturated heterocycles. The van der Waals surface area contributed by atoms with Crippen molar-refractivity contribution in [3.8, 4) is 0 Å². The molecule has 10 heavy (non-hydrogen) atoms. The Morgan fingerprint density at radius 3 is 2.30 bits per heavy atom. The summed E-state index contributed by atoms with van der Waals surface area (Å²) in [4.78, 5) is 10.4. The average molecular weight is 147 g/mol. The molecule has 0 bridgehead atoms. The Hall–Kier alpha value is -0.610. The molecule has 0 spiro atoms. The van der Waals surface area contributed by atoms with Gasteiger partial charge in [0.1, 0.15) is 0 Å². The molecule has 4 nitrogen and oxygen atoms in total. The Kier molecular flexibility index (Phi) is 3.99. The van der Waals surface area contributed by atoms with Crippen LogP contribution in [-0.2, 0) is 4.79 Å². The summed E-state index contributed by atoms with van der Waals surface area (Å²) in [6, 6.07) is -0.544. The monoisotopic (exact) mass is 147 g/mol. The number of aliphatic hydroxyl groups excluding tert-OH is 2. The predicted octanol–water partition coefficient (Wildman–Crippen LogP) is -1.14. The molecule has 0 aliphatic heterocycles. The van der Waals surface area contributed by atoms with Gasteiger partial charge >= 0.3 is 0 Å². The number of hydrogen-bond acceptors (Lipinski definition) is 3. The topological polar surface area (TPSA) is 69.6 Å². The molecule has 0 aliphatic rings. The van der Waals surface area contributed by atoms with E-state index in [2.05, 4.69) is 5.32 Å². The predicted molar refractivity (Wildman–Crippen MR) is 36.4 cm³/mol. The van der Waals surface area contributed by atoms with E-state index < -0.39 is 12.1 Å². The van der Waals surface area contributed by atoms with Crippen molar-refractivity contribution in [2.45, 2.75) is 26.0 Å². The molecule has 0 heterocycles. The van der Waals surface area contributed by atoms with Gasteiger partial charge in [-0.1, -0.05) is 0 Å². The summed E-state index contributed by atoms with van der Waals surface area (Å²) in [6.07, 6.45) is -0.714. The van der Waals surface area contributed by atoms with E-state index in [-0.39, 0.29) is 12.5 Å². The molecule has 4 heteroatoms. The molecule has 2 atom stereocenters. The standard InChI is InChI=1S/C6H13NO3/c1-4(9)6(3-8)7-5(2)10/h4,6,8-9H,3H2,1-2H3,(H,7,10)/t4?,6-/m1/s1. The molecule has 60 valence electrons. The number of aliphatic hydroxyl groups is 2. The van der Waals surface area contributed by atoms with Crippen molar-refractivity contribution in [2.24, 2.45) is 0 Å². The smallest absolute Gasteiger partial charge is 0.217 e. The number of amides is 1. The zero-order valence-corrected chi connectivity index (χ0v) is 6.16. The maximum Gasteiger partial charge on any atom is 0.217 e. The van der Waals surface area contributed by atoms with E-state index >= 15 is 0 Å². The second-order valence-corrected chi connectivity index (χ2v) is 2.23. The SMILES string of the molecule is CC(=O)N[C@H](CO)C(C)O. The van der Waals surface area contributed by atoms with E-state index in [0.717, 1.165) is 0 Å². The number of nitrogens with one attached hydrogen (secondary N) is 1. The lowest BCUT2D eigenvalue weighted by atomic mass is 10.2. The van der Waals surface area contributed by atoms with E-state index in [1.807, 2.05) is 0 Å².